The van der Waals surface area contributed by atoms with Gasteiger partial charge in [-0.1, -0.05) is 13.8 Å². The number of fused-ring (bicyclic) bond motifs is 1. The number of morpholine rings is 1. The van der Waals surface area contributed by atoms with Gasteiger partial charge in [-0.25, -0.2) is 9.78 Å². The van der Waals surface area contributed by atoms with E-state index in [0.29, 0.717) is 31.4 Å². The van der Waals surface area contributed by atoms with Crippen molar-refractivity contribution in [3.05, 3.63) is 38.2 Å². The lowest BCUT2D eigenvalue weighted by Crippen LogP contribution is -2.51. The number of rotatable bonds is 5. The molecule has 0 saturated carbocycles. The molecule has 152 valence electrons. The number of nitrogens with zero attached hydrogens (tertiary/aromatic N) is 3. The Balaban J connectivity index is 1.90. The van der Waals surface area contributed by atoms with Crippen LogP contribution in [0.15, 0.2) is 15.7 Å². The number of aromatic amines is 1. The van der Waals surface area contributed by atoms with E-state index in [1.165, 1.54) is 11.6 Å². The van der Waals surface area contributed by atoms with Crippen LogP contribution in [0.3, 0.4) is 0 Å². The number of carbonyl (C=O) groups is 1. The van der Waals surface area contributed by atoms with Gasteiger partial charge in [0.1, 0.15) is 5.65 Å². The van der Waals surface area contributed by atoms with Crippen molar-refractivity contribution in [3.63, 3.8) is 0 Å². The van der Waals surface area contributed by atoms with Gasteiger partial charge in [0, 0.05) is 38.4 Å². The molecular formula is C19H27N5O4. The monoisotopic (exact) mass is 389 g/mol. The summed E-state index contributed by atoms with van der Waals surface area (Å²) in [4.78, 5) is 46.0. The maximum atomic E-state index is 12.9. The van der Waals surface area contributed by atoms with E-state index in [9.17, 15) is 14.4 Å². The number of carbonyl (C=O) groups excluding carboxylic acids is 1. The van der Waals surface area contributed by atoms with Crippen LogP contribution in [0.2, 0.25) is 0 Å². The van der Waals surface area contributed by atoms with E-state index >= 15 is 0 Å². The van der Waals surface area contributed by atoms with Crippen molar-refractivity contribution < 1.29 is 9.53 Å². The molecule has 0 aliphatic carbocycles. The van der Waals surface area contributed by atoms with Crippen LogP contribution in [0.1, 0.15) is 29.9 Å². The first-order valence-corrected chi connectivity index (χ1v) is 9.50. The molecule has 1 atom stereocenters. The fourth-order valence-electron chi connectivity index (χ4n) is 3.63. The first kappa shape index (κ1) is 20.2. The van der Waals surface area contributed by atoms with Crippen molar-refractivity contribution in [2.45, 2.75) is 26.8 Å². The molecule has 2 aromatic heterocycles. The molecule has 9 nitrogen and oxygen atoms in total. The van der Waals surface area contributed by atoms with Gasteiger partial charge in [-0.05, 0) is 18.9 Å². The molecule has 3 rings (SSSR count). The Hall–Kier alpha value is -2.52. The van der Waals surface area contributed by atoms with Crippen molar-refractivity contribution in [1.82, 2.24) is 24.8 Å². The molecule has 0 unspecified atom stereocenters. The minimum absolute atomic E-state index is 0.123. The van der Waals surface area contributed by atoms with Crippen molar-refractivity contribution in [2.75, 3.05) is 32.8 Å². The maximum Gasteiger partial charge on any atom is 0.329 e. The Morgan fingerprint density at radius 2 is 2.00 bits per heavy atom. The van der Waals surface area contributed by atoms with Crippen LogP contribution in [0, 0.1) is 12.8 Å². The molecule has 1 fully saturated rings. The minimum atomic E-state index is -0.607. The number of hydrogen-bond donors (Lipinski definition) is 2. The average Bonchev–Trinajstić information content (AvgIpc) is 2.66. The second-order valence-electron chi connectivity index (χ2n) is 7.50. The lowest BCUT2D eigenvalue weighted by Gasteiger charge is -2.36. The number of aromatic nitrogens is 3. The predicted octanol–water partition coefficient (Wildman–Crippen LogP) is 0.0168. The molecule has 0 bridgehead atoms. The lowest BCUT2D eigenvalue weighted by atomic mass is 10.0. The van der Waals surface area contributed by atoms with Gasteiger partial charge in [-0.3, -0.25) is 24.0 Å². The Morgan fingerprint density at radius 1 is 1.32 bits per heavy atom. The van der Waals surface area contributed by atoms with Crippen LogP contribution in [0.5, 0.6) is 0 Å². The lowest BCUT2D eigenvalue weighted by molar-refractivity contribution is 0.00673. The predicted molar refractivity (Wildman–Crippen MR) is 106 cm³/mol. The molecule has 1 saturated heterocycles. The summed E-state index contributed by atoms with van der Waals surface area (Å²) in [6.45, 7) is 9.48. The topological polar surface area (TPSA) is 109 Å². The zero-order valence-electron chi connectivity index (χ0n) is 16.7. The third-order valence-corrected chi connectivity index (χ3v) is 5.20. The molecule has 2 N–H and O–H groups in total. The van der Waals surface area contributed by atoms with Gasteiger partial charge in [-0.2, -0.15) is 0 Å². The van der Waals surface area contributed by atoms with Gasteiger partial charge in [0.05, 0.1) is 24.2 Å². The molecular weight excluding hydrogens is 362 g/mol. The van der Waals surface area contributed by atoms with E-state index in [1.54, 1.807) is 13.0 Å². The van der Waals surface area contributed by atoms with Crippen molar-refractivity contribution in [3.8, 4) is 0 Å². The SMILES string of the molecule is Cc1cc(C(=O)NC[C@@H](C(C)C)N2CCOCC2)c2c(=O)[nH]c(=O)n(C)c2n1. The van der Waals surface area contributed by atoms with Crippen LogP contribution >= 0.6 is 0 Å². The number of hydrogen-bond acceptors (Lipinski definition) is 6. The molecule has 1 aliphatic heterocycles. The summed E-state index contributed by atoms with van der Waals surface area (Å²) in [6.07, 6.45) is 0. The summed E-state index contributed by atoms with van der Waals surface area (Å²) < 4.78 is 6.66. The van der Waals surface area contributed by atoms with Crippen molar-refractivity contribution in [1.29, 1.82) is 0 Å². The highest BCUT2D eigenvalue weighted by molar-refractivity contribution is 6.05. The summed E-state index contributed by atoms with van der Waals surface area (Å²) in [6, 6.07) is 1.75. The Kier molecular flexibility index (Phi) is 5.95. The molecule has 28 heavy (non-hydrogen) atoms. The van der Waals surface area contributed by atoms with Crippen LogP contribution in [0.4, 0.5) is 0 Å². The molecule has 1 aliphatic rings. The zero-order chi connectivity index (χ0) is 20.4. The molecule has 0 spiro atoms. The van der Waals surface area contributed by atoms with Crippen LogP contribution < -0.4 is 16.6 Å². The summed E-state index contributed by atoms with van der Waals surface area (Å²) in [5.41, 5.74) is -0.179. The van der Waals surface area contributed by atoms with Gasteiger partial charge in [0.25, 0.3) is 11.5 Å². The van der Waals surface area contributed by atoms with Crippen LogP contribution in [-0.2, 0) is 11.8 Å². The number of aryl methyl sites for hydroxylation is 2. The Labute approximate surface area is 162 Å². The van der Waals surface area contributed by atoms with E-state index in [0.717, 1.165) is 13.1 Å². The molecule has 2 aromatic rings. The highest BCUT2D eigenvalue weighted by Crippen LogP contribution is 2.15. The molecule has 0 radical (unpaired) electrons. The Morgan fingerprint density at radius 3 is 2.64 bits per heavy atom. The average molecular weight is 389 g/mol. The quantitative estimate of drug-likeness (QED) is 0.746. The van der Waals surface area contributed by atoms with Crippen LogP contribution in [0.25, 0.3) is 11.0 Å². The van der Waals surface area contributed by atoms with E-state index < -0.39 is 11.2 Å². The smallest absolute Gasteiger partial charge is 0.329 e. The summed E-state index contributed by atoms with van der Waals surface area (Å²) in [7, 11) is 1.52. The van der Waals surface area contributed by atoms with Gasteiger partial charge in [0.2, 0.25) is 0 Å². The molecule has 0 aromatic carbocycles. The van der Waals surface area contributed by atoms with E-state index in [4.69, 9.17) is 4.74 Å². The van der Waals surface area contributed by atoms with E-state index in [2.05, 4.69) is 34.0 Å². The van der Waals surface area contributed by atoms with Crippen molar-refractivity contribution >= 4 is 16.9 Å². The molecule has 9 heteroatoms. The number of nitrogens with one attached hydrogen (secondary N) is 2. The largest absolute Gasteiger partial charge is 0.379 e. The van der Waals surface area contributed by atoms with E-state index in [1.807, 2.05) is 0 Å². The maximum absolute atomic E-state index is 12.9. The molecule has 1 amide bonds. The highest BCUT2D eigenvalue weighted by Gasteiger charge is 2.25. The van der Waals surface area contributed by atoms with Gasteiger partial charge < -0.3 is 10.1 Å². The fraction of sp³-hybridized carbons (Fsp3) is 0.579. The minimum Gasteiger partial charge on any atom is -0.379 e. The normalized spacial score (nSPS) is 16.5. The fourth-order valence-corrected chi connectivity index (χ4v) is 3.63. The number of H-pyrrole nitrogens is 1. The zero-order valence-corrected chi connectivity index (χ0v) is 16.7. The van der Waals surface area contributed by atoms with Crippen molar-refractivity contribution in [2.24, 2.45) is 13.0 Å². The Bertz CT molecular complexity index is 988. The first-order valence-electron chi connectivity index (χ1n) is 9.50. The van der Waals surface area contributed by atoms with Gasteiger partial charge >= 0.3 is 5.69 Å². The summed E-state index contributed by atoms with van der Waals surface area (Å²) in [5, 5.41) is 3.09. The third-order valence-electron chi connectivity index (χ3n) is 5.20. The molecule has 3 heterocycles. The number of ether oxygens (including phenoxy) is 1. The number of pyridine rings is 1. The second-order valence-corrected chi connectivity index (χ2v) is 7.50. The van der Waals surface area contributed by atoms with Gasteiger partial charge in [-0.15, -0.1) is 0 Å². The first-order chi connectivity index (χ1) is 13.3. The van der Waals surface area contributed by atoms with E-state index in [-0.39, 0.29) is 28.5 Å². The summed E-state index contributed by atoms with van der Waals surface area (Å²) in [5.74, 6) is -0.00268. The number of amides is 1. The third kappa shape index (κ3) is 4.00. The highest BCUT2D eigenvalue weighted by atomic mass is 16.5. The van der Waals surface area contributed by atoms with Gasteiger partial charge in [0.15, 0.2) is 0 Å². The standard InChI is InChI=1S/C19H27N5O4/c1-11(2)14(24-5-7-28-8-6-24)10-20-17(25)13-9-12(3)21-16-15(13)18(26)22-19(27)23(16)4/h9,11,14H,5-8,10H2,1-4H3,(H,20,25)(H,22,26,27)/t14-/m0/s1. The van der Waals surface area contributed by atoms with Crippen LogP contribution in [-0.4, -0.2) is 64.2 Å². The summed E-state index contributed by atoms with van der Waals surface area (Å²) >= 11 is 0. The second kappa shape index (κ2) is 8.24.